The summed E-state index contributed by atoms with van der Waals surface area (Å²) in [6.45, 7) is 3.51. The van der Waals surface area contributed by atoms with Gasteiger partial charge in [-0.25, -0.2) is 4.98 Å². The van der Waals surface area contributed by atoms with Gasteiger partial charge in [-0.2, -0.15) is 5.10 Å². The number of nitrogens with two attached hydrogens (primary N) is 1. The first kappa shape index (κ1) is 13.1. The number of para-hydroxylation sites is 1. The van der Waals surface area contributed by atoms with Crippen LogP contribution in [0.5, 0.6) is 5.75 Å². The molecule has 2 heterocycles. The lowest BCUT2D eigenvalue weighted by atomic mass is 9.91. The summed E-state index contributed by atoms with van der Waals surface area (Å²) < 4.78 is 7.63. The number of benzene rings is 1. The van der Waals surface area contributed by atoms with Gasteiger partial charge in [0.05, 0.1) is 6.61 Å². The minimum absolute atomic E-state index is 0.0770. The van der Waals surface area contributed by atoms with Crippen LogP contribution in [-0.4, -0.2) is 27.4 Å². The van der Waals surface area contributed by atoms with Crippen LogP contribution in [0.4, 0.5) is 0 Å². The fraction of sp³-hybridized carbons (Fsp3) is 0.429. The van der Waals surface area contributed by atoms with Gasteiger partial charge in [0.15, 0.2) is 0 Å². The molecule has 3 rings (SSSR count). The lowest BCUT2D eigenvalue weighted by molar-refractivity contribution is 0.295. The van der Waals surface area contributed by atoms with Gasteiger partial charge in [-0.3, -0.25) is 16.0 Å². The summed E-state index contributed by atoms with van der Waals surface area (Å²) in [5, 5.41) is 4.20. The molecule has 6 nitrogen and oxygen atoms in total. The zero-order chi connectivity index (χ0) is 13.9. The predicted molar refractivity (Wildman–Crippen MR) is 75.2 cm³/mol. The Labute approximate surface area is 117 Å². The number of nitrogens with zero attached hydrogens (tertiary/aromatic N) is 3. The molecule has 1 aromatic carbocycles. The highest BCUT2D eigenvalue weighted by Gasteiger charge is 2.31. The van der Waals surface area contributed by atoms with Crippen molar-refractivity contribution in [3.05, 3.63) is 42.0 Å². The van der Waals surface area contributed by atoms with Crippen LogP contribution in [0.2, 0.25) is 0 Å². The molecule has 0 amide bonds. The highest BCUT2D eigenvalue weighted by molar-refractivity contribution is 5.40. The van der Waals surface area contributed by atoms with Crippen LogP contribution in [0.25, 0.3) is 0 Å². The van der Waals surface area contributed by atoms with Gasteiger partial charge in [-0.05, 0) is 13.0 Å². The SMILES string of the molecule is CCn1ncnc1CC(NN)C1COc2ccccc21. The molecule has 20 heavy (non-hydrogen) atoms. The molecule has 0 bridgehead atoms. The van der Waals surface area contributed by atoms with E-state index in [0.29, 0.717) is 6.61 Å². The van der Waals surface area contributed by atoms with Crippen molar-refractivity contribution < 1.29 is 4.74 Å². The lowest BCUT2D eigenvalue weighted by Gasteiger charge is -2.21. The second-order valence-corrected chi connectivity index (χ2v) is 4.92. The van der Waals surface area contributed by atoms with E-state index in [1.807, 2.05) is 22.9 Å². The molecule has 2 unspecified atom stereocenters. The highest BCUT2D eigenvalue weighted by Crippen LogP contribution is 2.36. The van der Waals surface area contributed by atoms with Crippen LogP contribution in [0.1, 0.15) is 24.2 Å². The van der Waals surface area contributed by atoms with Crippen molar-refractivity contribution in [1.29, 1.82) is 0 Å². The Morgan fingerprint density at radius 1 is 1.50 bits per heavy atom. The third-order valence-corrected chi connectivity index (χ3v) is 3.83. The van der Waals surface area contributed by atoms with Crippen LogP contribution in [-0.2, 0) is 13.0 Å². The number of ether oxygens (including phenoxy) is 1. The van der Waals surface area contributed by atoms with Crippen molar-refractivity contribution in [2.75, 3.05) is 6.61 Å². The molecule has 0 saturated carbocycles. The first-order valence-corrected chi connectivity index (χ1v) is 6.88. The minimum atomic E-state index is 0.0770. The Kier molecular flexibility index (Phi) is 3.66. The van der Waals surface area contributed by atoms with Crippen molar-refractivity contribution in [2.24, 2.45) is 5.84 Å². The number of aromatic nitrogens is 3. The number of aryl methyl sites for hydroxylation is 1. The van der Waals surface area contributed by atoms with E-state index >= 15 is 0 Å². The monoisotopic (exact) mass is 273 g/mol. The molecule has 0 spiro atoms. The van der Waals surface area contributed by atoms with Gasteiger partial charge in [-0.15, -0.1) is 0 Å². The third kappa shape index (κ3) is 2.28. The maximum atomic E-state index is 5.75. The minimum Gasteiger partial charge on any atom is -0.493 e. The summed E-state index contributed by atoms with van der Waals surface area (Å²) in [7, 11) is 0. The van der Waals surface area contributed by atoms with Crippen molar-refractivity contribution in [1.82, 2.24) is 20.2 Å². The number of rotatable bonds is 5. The van der Waals surface area contributed by atoms with Gasteiger partial charge in [-0.1, -0.05) is 18.2 Å². The van der Waals surface area contributed by atoms with Gasteiger partial charge in [0.25, 0.3) is 0 Å². The number of hydrogen-bond acceptors (Lipinski definition) is 5. The number of hydrogen-bond donors (Lipinski definition) is 2. The van der Waals surface area contributed by atoms with Crippen molar-refractivity contribution in [2.45, 2.75) is 31.8 Å². The molecule has 6 heteroatoms. The Morgan fingerprint density at radius 2 is 2.35 bits per heavy atom. The highest BCUT2D eigenvalue weighted by atomic mass is 16.5. The summed E-state index contributed by atoms with van der Waals surface area (Å²) in [5.74, 6) is 7.89. The Bertz CT molecular complexity index is 582. The van der Waals surface area contributed by atoms with E-state index in [9.17, 15) is 0 Å². The van der Waals surface area contributed by atoms with Crippen molar-refractivity contribution >= 4 is 0 Å². The molecule has 0 fully saturated rings. The van der Waals surface area contributed by atoms with Gasteiger partial charge in [0.2, 0.25) is 0 Å². The van der Waals surface area contributed by atoms with Gasteiger partial charge >= 0.3 is 0 Å². The zero-order valence-corrected chi connectivity index (χ0v) is 11.5. The number of nitrogens with one attached hydrogen (secondary N) is 1. The van der Waals surface area contributed by atoms with E-state index in [4.69, 9.17) is 10.6 Å². The van der Waals surface area contributed by atoms with Crippen molar-refractivity contribution in [3.63, 3.8) is 0 Å². The lowest BCUT2D eigenvalue weighted by Crippen LogP contribution is -2.42. The predicted octanol–water partition coefficient (Wildman–Crippen LogP) is 0.849. The number of fused-ring (bicyclic) bond motifs is 1. The van der Waals surface area contributed by atoms with E-state index in [1.165, 1.54) is 5.56 Å². The summed E-state index contributed by atoms with van der Waals surface area (Å²) in [5.41, 5.74) is 4.12. The summed E-state index contributed by atoms with van der Waals surface area (Å²) >= 11 is 0. The second-order valence-electron chi connectivity index (χ2n) is 4.92. The number of hydrazine groups is 1. The Hall–Kier alpha value is -1.92. The molecule has 106 valence electrons. The van der Waals surface area contributed by atoms with Crippen LogP contribution in [0.3, 0.4) is 0 Å². The van der Waals surface area contributed by atoms with Gasteiger partial charge < -0.3 is 4.74 Å². The summed E-state index contributed by atoms with van der Waals surface area (Å²) in [6.07, 6.45) is 2.32. The van der Waals surface area contributed by atoms with E-state index in [-0.39, 0.29) is 12.0 Å². The molecular weight excluding hydrogens is 254 g/mol. The van der Waals surface area contributed by atoms with E-state index < -0.39 is 0 Å². The molecule has 1 aromatic heterocycles. The molecule has 0 radical (unpaired) electrons. The topological polar surface area (TPSA) is 78.0 Å². The molecule has 3 N–H and O–H groups in total. The zero-order valence-electron chi connectivity index (χ0n) is 11.5. The first-order chi connectivity index (χ1) is 9.83. The van der Waals surface area contributed by atoms with Gasteiger partial charge in [0, 0.05) is 30.5 Å². The van der Waals surface area contributed by atoms with E-state index in [2.05, 4.69) is 28.5 Å². The Morgan fingerprint density at radius 3 is 3.15 bits per heavy atom. The normalized spacial score (nSPS) is 18.6. The quantitative estimate of drug-likeness (QED) is 0.624. The van der Waals surface area contributed by atoms with E-state index in [0.717, 1.165) is 24.5 Å². The molecule has 0 aliphatic carbocycles. The summed E-state index contributed by atoms with van der Waals surface area (Å²) in [6, 6.07) is 8.19. The van der Waals surface area contributed by atoms with Crippen molar-refractivity contribution in [3.8, 4) is 5.75 Å². The Balaban J connectivity index is 1.81. The average molecular weight is 273 g/mol. The molecule has 2 aromatic rings. The largest absolute Gasteiger partial charge is 0.493 e. The molecule has 0 saturated heterocycles. The second kappa shape index (κ2) is 5.60. The summed E-state index contributed by atoms with van der Waals surface area (Å²) in [4.78, 5) is 4.32. The fourth-order valence-corrected chi connectivity index (χ4v) is 2.74. The standard InChI is InChI=1S/C14H19N5O/c1-2-19-14(16-9-17-19)7-12(18-15)11-8-20-13-6-4-3-5-10(11)13/h3-6,9,11-12,18H,2,7-8,15H2,1H3. The van der Waals surface area contributed by atoms with Crippen LogP contribution in [0, 0.1) is 0 Å². The molecule has 1 aliphatic heterocycles. The fourth-order valence-electron chi connectivity index (χ4n) is 2.74. The van der Waals surface area contributed by atoms with Crippen LogP contribution in [0.15, 0.2) is 30.6 Å². The molecular formula is C14H19N5O. The maximum absolute atomic E-state index is 5.75. The van der Waals surface area contributed by atoms with Crippen LogP contribution < -0.4 is 16.0 Å². The molecule has 1 aliphatic rings. The first-order valence-electron chi connectivity index (χ1n) is 6.88. The van der Waals surface area contributed by atoms with Crippen LogP contribution >= 0.6 is 0 Å². The smallest absolute Gasteiger partial charge is 0.138 e. The third-order valence-electron chi connectivity index (χ3n) is 3.83. The van der Waals surface area contributed by atoms with Gasteiger partial charge in [0.1, 0.15) is 17.9 Å². The average Bonchev–Trinajstić information content (AvgIpc) is 3.11. The van der Waals surface area contributed by atoms with E-state index in [1.54, 1.807) is 6.33 Å². The maximum Gasteiger partial charge on any atom is 0.138 e. The molecule has 2 atom stereocenters.